The summed E-state index contributed by atoms with van der Waals surface area (Å²) in [5.41, 5.74) is 3.28. The molecule has 1 atom stereocenters. The molecule has 1 unspecified atom stereocenters. The maximum Gasteiger partial charge on any atom is 0.244 e. The van der Waals surface area contributed by atoms with Crippen molar-refractivity contribution in [2.75, 3.05) is 11.4 Å². The van der Waals surface area contributed by atoms with E-state index in [4.69, 9.17) is 0 Å². The van der Waals surface area contributed by atoms with Gasteiger partial charge in [-0.2, -0.15) is 4.31 Å². The molecule has 0 N–H and O–H groups in total. The quantitative estimate of drug-likeness (QED) is 0.295. The van der Waals surface area contributed by atoms with E-state index in [0.717, 1.165) is 16.7 Å². The molecule has 0 saturated carbocycles. The van der Waals surface area contributed by atoms with E-state index in [9.17, 15) is 13.2 Å². The van der Waals surface area contributed by atoms with Crippen molar-refractivity contribution >= 4 is 27.4 Å². The molecule has 0 aliphatic carbocycles. The van der Waals surface area contributed by atoms with Crippen LogP contribution in [0.15, 0.2) is 126 Å². The monoisotopic (exact) mass is 509 g/mol. The SMILES string of the molecule is Cc1ccc(S(=O)(=O)N2CC(CC(=O)N(c3ccccc3)c3ccccn3)=CC2c2ccccc2)cc1. The topological polar surface area (TPSA) is 70.6 Å². The van der Waals surface area contributed by atoms with Crippen LogP contribution in [0.5, 0.6) is 0 Å². The van der Waals surface area contributed by atoms with Gasteiger partial charge in [0.1, 0.15) is 5.82 Å². The number of amides is 1. The summed E-state index contributed by atoms with van der Waals surface area (Å²) < 4.78 is 28.9. The second kappa shape index (κ2) is 10.5. The van der Waals surface area contributed by atoms with Crippen LogP contribution in [0.1, 0.15) is 23.6 Å². The number of rotatable bonds is 7. The largest absolute Gasteiger partial charge is 0.274 e. The summed E-state index contributed by atoms with van der Waals surface area (Å²) >= 11 is 0. The summed E-state index contributed by atoms with van der Waals surface area (Å²) in [7, 11) is -3.80. The van der Waals surface area contributed by atoms with Gasteiger partial charge in [0.25, 0.3) is 0 Å². The first-order valence-electron chi connectivity index (χ1n) is 12.1. The summed E-state index contributed by atoms with van der Waals surface area (Å²) in [5.74, 6) is 0.332. The van der Waals surface area contributed by atoms with Crippen LogP contribution in [0.3, 0.4) is 0 Å². The highest BCUT2D eigenvalue weighted by atomic mass is 32.2. The highest BCUT2D eigenvalue weighted by Gasteiger charge is 2.37. The van der Waals surface area contributed by atoms with Gasteiger partial charge >= 0.3 is 0 Å². The van der Waals surface area contributed by atoms with Crippen molar-refractivity contribution in [3.8, 4) is 0 Å². The number of pyridine rings is 1. The molecule has 1 aromatic heterocycles. The number of aryl methyl sites for hydroxylation is 1. The molecule has 1 aliphatic heterocycles. The third-order valence-electron chi connectivity index (χ3n) is 6.35. The van der Waals surface area contributed by atoms with Gasteiger partial charge in [0.2, 0.25) is 15.9 Å². The van der Waals surface area contributed by atoms with Gasteiger partial charge in [0.15, 0.2) is 0 Å². The number of hydrogen-bond donors (Lipinski definition) is 0. The molecule has 2 heterocycles. The van der Waals surface area contributed by atoms with Crippen LogP contribution in [0.4, 0.5) is 11.5 Å². The molecule has 4 aromatic rings. The van der Waals surface area contributed by atoms with Gasteiger partial charge in [-0.1, -0.05) is 78.4 Å². The van der Waals surface area contributed by atoms with Crippen LogP contribution >= 0.6 is 0 Å². The van der Waals surface area contributed by atoms with Crippen LogP contribution in [0, 0.1) is 6.92 Å². The molecule has 5 rings (SSSR count). The lowest BCUT2D eigenvalue weighted by atomic mass is 10.1. The van der Waals surface area contributed by atoms with Crippen molar-refractivity contribution in [3.05, 3.63) is 132 Å². The van der Waals surface area contributed by atoms with E-state index in [1.54, 1.807) is 47.5 Å². The highest BCUT2D eigenvalue weighted by Crippen LogP contribution is 2.37. The predicted molar refractivity (Wildman–Crippen MR) is 145 cm³/mol. The zero-order valence-corrected chi connectivity index (χ0v) is 21.3. The first kappa shape index (κ1) is 24.6. The van der Waals surface area contributed by atoms with Crippen molar-refractivity contribution in [2.45, 2.75) is 24.3 Å². The molecule has 0 bridgehead atoms. The average Bonchev–Trinajstić information content (AvgIpc) is 3.35. The standard InChI is InChI=1S/C30H27N3O3S/c1-23-15-17-27(18-16-23)37(35,36)32-22-24(20-28(32)25-10-4-2-5-11-25)21-30(34)33(26-12-6-3-7-13-26)29-14-8-9-19-31-29/h2-20,28H,21-22H2,1H3. The van der Waals surface area contributed by atoms with Gasteiger partial charge in [0, 0.05) is 19.2 Å². The number of hydrogen-bond acceptors (Lipinski definition) is 4. The Morgan fingerprint density at radius 1 is 0.892 bits per heavy atom. The summed E-state index contributed by atoms with van der Waals surface area (Å²) in [6.07, 6.45) is 3.62. The second-order valence-corrected chi connectivity index (χ2v) is 10.9. The minimum atomic E-state index is -3.80. The third-order valence-corrected chi connectivity index (χ3v) is 8.19. The van der Waals surface area contributed by atoms with Gasteiger partial charge in [0.05, 0.1) is 16.6 Å². The van der Waals surface area contributed by atoms with Crippen LogP contribution in [0.2, 0.25) is 0 Å². The molecule has 3 aromatic carbocycles. The van der Waals surface area contributed by atoms with Gasteiger partial charge in [-0.3, -0.25) is 9.69 Å². The van der Waals surface area contributed by atoms with Gasteiger partial charge in [-0.05, 0) is 54.5 Å². The number of sulfonamides is 1. The molecule has 6 nitrogen and oxygen atoms in total. The summed E-state index contributed by atoms with van der Waals surface area (Å²) in [4.78, 5) is 19.9. The third kappa shape index (κ3) is 5.23. The first-order valence-corrected chi connectivity index (χ1v) is 13.5. The van der Waals surface area contributed by atoms with E-state index in [1.807, 2.05) is 79.7 Å². The Morgan fingerprint density at radius 2 is 1.54 bits per heavy atom. The smallest absolute Gasteiger partial charge is 0.244 e. The maximum atomic E-state index is 13.7. The number of aromatic nitrogens is 1. The minimum Gasteiger partial charge on any atom is -0.274 e. The fourth-order valence-corrected chi connectivity index (χ4v) is 6.07. The fourth-order valence-electron chi connectivity index (χ4n) is 4.51. The predicted octanol–water partition coefficient (Wildman–Crippen LogP) is 5.82. The summed E-state index contributed by atoms with van der Waals surface area (Å²) in [6.45, 7) is 2.05. The Kier molecular flexibility index (Phi) is 6.99. The number of carbonyl (C=O) groups is 1. The Labute approximate surface area is 217 Å². The van der Waals surface area contributed by atoms with Crippen molar-refractivity contribution in [2.24, 2.45) is 0 Å². The van der Waals surface area contributed by atoms with Crippen LogP contribution < -0.4 is 4.90 Å². The van der Waals surface area contributed by atoms with Crippen molar-refractivity contribution in [1.82, 2.24) is 9.29 Å². The zero-order valence-electron chi connectivity index (χ0n) is 20.4. The van der Waals surface area contributed by atoms with Crippen molar-refractivity contribution < 1.29 is 13.2 Å². The number of para-hydroxylation sites is 1. The van der Waals surface area contributed by atoms with E-state index >= 15 is 0 Å². The van der Waals surface area contributed by atoms with Gasteiger partial charge < -0.3 is 0 Å². The molecule has 0 saturated heterocycles. The number of nitrogens with zero attached hydrogens (tertiary/aromatic N) is 3. The van der Waals surface area contributed by atoms with Gasteiger partial charge in [-0.25, -0.2) is 13.4 Å². The molecule has 7 heteroatoms. The molecule has 1 amide bonds. The molecular weight excluding hydrogens is 482 g/mol. The molecule has 1 aliphatic rings. The summed E-state index contributed by atoms with van der Waals surface area (Å²) in [5, 5.41) is 0. The molecule has 186 valence electrons. The van der Waals surface area contributed by atoms with Crippen molar-refractivity contribution in [1.29, 1.82) is 0 Å². The Bertz CT molecular complexity index is 1470. The van der Waals surface area contributed by atoms with E-state index in [2.05, 4.69) is 4.98 Å². The zero-order chi connectivity index (χ0) is 25.8. The lowest BCUT2D eigenvalue weighted by molar-refractivity contribution is -0.117. The first-order chi connectivity index (χ1) is 17.9. The average molecular weight is 510 g/mol. The van der Waals surface area contributed by atoms with Gasteiger partial charge in [-0.15, -0.1) is 0 Å². The summed E-state index contributed by atoms with van der Waals surface area (Å²) in [6, 6.07) is 30.6. The fraction of sp³-hybridized carbons (Fsp3) is 0.133. The van der Waals surface area contributed by atoms with E-state index in [1.165, 1.54) is 4.31 Å². The highest BCUT2D eigenvalue weighted by molar-refractivity contribution is 7.89. The Balaban J connectivity index is 1.48. The maximum absolute atomic E-state index is 13.7. The number of carbonyl (C=O) groups excluding carboxylic acids is 1. The number of anilines is 2. The van der Waals surface area contributed by atoms with Crippen LogP contribution in [0.25, 0.3) is 0 Å². The lowest BCUT2D eigenvalue weighted by Crippen LogP contribution is -2.32. The van der Waals surface area contributed by atoms with E-state index < -0.39 is 16.1 Å². The lowest BCUT2D eigenvalue weighted by Gasteiger charge is -2.25. The van der Waals surface area contributed by atoms with Crippen LogP contribution in [-0.4, -0.2) is 30.2 Å². The molecule has 0 radical (unpaired) electrons. The normalized spacial score (nSPS) is 15.8. The van der Waals surface area contributed by atoms with Crippen LogP contribution in [-0.2, 0) is 14.8 Å². The Morgan fingerprint density at radius 3 is 2.19 bits per heavy atom. The van der Waals surface area contributed by atoms with E-state index in [0.29, 0.717) is 11.5 Å². The molecular formula is C30H27N3O3S. The molecule has 0 fully saturated rings. The minimum absolute atomic E-state index is 0.0642. The second-order valence-electron chi connectivity index (χ2n) is 8.97. The Hall–Kier alpha value is -4.07. The molecule has 0 spiro atoms. The van der Waals surface area contributed by atoms with E-state index in [-0.39, 0.29) is 23.8 Å². The molecule has 37 heavy (non-hydrogen) atoms. The van der Waals surface area contributed by atoms with Crippen molar-refractivity contribution in [3.63, 3.8) is 0 Å². The number of benzene rings is 3.